The van der Waals surface area contributed by atoms with Crippen molar-refractivity contribution in [3.8, 4) is 0 Å². The van der Waals surface area contributed by atoms with Crippen LogP contribution >= 0.6 is 11.9 Å². The standard InChI is InChI=1S/C19H23N3O2S/c23-22(24)19-13-16(21-25-17-9-5-2-6-10-17)11-12-18(19)20-14-15-7-3-1-4-8-15/h2,5-6,9-13,15,20-21H,1,3-4,7-8,14H2. The fraction of sp³-hybridized carbons (Fsp3) is 0.368. The third kappa shape index (κ3) is 5.13. The zero-order valence-electron chi connectivity index (χ0n) is 14.1. The number of rotatable bonds is 7. The number of nitro benzene ring substituents is 1. The summed E-state index contributed by atoms with van der Waals surface area (Å²) in [5.74, 6) is 0.625. The van der Waals surface area contributed by atoms with Crippen molar-refractivity contribution in [3.63, 3.8) is 0 Å². The first-order valence-corrected chi connectivity index (χ1v) is 9.54. The van der Waals surface area contributed by atoms with Crippen molar-refractivity contribution in [3.05, 3.63) is 58.6 Å². The van der Waals surface area contributed by atoms with E-state index in [4.69, 9.17) is 0 Å². The van der Waals surface area contributed by atoms with Gasteiger partial charge in [-0.2, -0.15) is 0 Å². The van der Waals surface area contributed by atoms with Gasteiger partial charge in [-0.05, 0) is 55.0 Å². The zero-order valence-corrected chi connectivity index (χ0v) is 14.9. The Kier molecular flexibility index (Phi) is 6.17. The summed E-state index contributed by atoms with van der Waals surface area (Å²) in [7, 11) is 0. The van der Waals surface area contributed by atoms with Gasteiger partial charge in [0.25, 0.3) is 5.69 Å². The van der Waals surface area contributed by atoms with Crippen LogP contribution < -0.4 is 10.0 Å². The molecule has 0 bridgehead atoms. The Hall–Kier alpha value is -2.21. The van der Waals surface area contributed by atoms with Gasteiger partial charge in [0, 0.05) is 17.5 Å². The van der Waals surface area contributed by atoms with E-state index >= 15 is 0 Å². The Bertz CT molecular complexity index is 703. The number of hydrogen-bond donors (Lipinski definition) is 2. The highest BCUT2D eigenvalue weighted by Gasteiger charge is 2.18. The van der Waals surface area contributed by atoms with Crippen LogP contribution in [0, 0.1) is 16.0 Å². The monoisotopic (exact) mass is 357 g/mol. The van der Waals surface area contributed by atoms with Gasteiger partial charge in [-0.1, -0.05) is 37.5 Å². The van der Waals surface area contributed by atoms with Crippen molar-refractivity contribution >= 4 is 29.0 Å². The summed E-state index contributed by atoms with van der Waals surface area (Å²) in [5.41, 5.74) is 1.45. The first kappa shape index (κ1) is 17.6. The second-order valence-corrected chi connectivity index (χ2v) is 7.27. The van der Waals surface area contributed by atoms with E-state index in [1.807, 2.05) is 36.4 Å². The molecule has 0 aliphatic heterocycles. The largest absolute Gasteiger partial charge is 0.379 e. The molecule has 6 heteroatoms. The van der Waals surface area contributed by atoms with Crippen molar-refractivity contribution in [1.29, 1.82) is 0 Å². The molecule has 1 aliphatic carbocycles. The predicted molar refractivity (Wildman–Crippen MR) is 104 cm³/mol. The molecule has 1 fully saturated rings. The number of nitro groups is 1. The van der Waals surface area contributed by atoms with E-state index < -0.39 is 0 Å². The molecule has 3 rings (SSSR count). The average Bonchev–Trinajstić information content (AvgIpc) is 2.66. The van der Waals surface area contributed by atoms with Crippen LogP contribution in [0.3, 0.4) is 0 Å². The lowest BCUT2D eigenvalue weighted by molar-refractivity contribution is -0.383. The van der Waals surface area contributed by atoms with E-state index in [0.29, 0.717) is 11.6 Å². The van der Waals surface area contributed by atoms with Crippen LogP contribution in [0.2, 0.25) is 0 Å². The molecule has 132 valence electrons. The number of benzene rings is 2. The highest BCUT2D eigenvalue weighted by atomic mass is 32.2. The van der Waals surface area contributed by atoms with E-state index in [2.05, 4.69) is 10.0 Å². The quantitative estimate of drug-likeness (QED) is 0.377. The summed E-state index contributed by atoms with van der Waals surface area (Å²) >= 11 is 1.44. The van der Waals surface area contributed by atoms with Crippen LogP contribution in [-0.4, -0.2) is 11.5 Å². The summed E-state index contributed by atoms with van der Waals surface area (Å²) in [6.07, 6.45) is 6.29. The topological polar surface area (TPSA) is 67.2 Å². The Morgan fingerprint density at radius 3 is 2.56 bits per heavy atom. The van der Waals surface area contributed by atoms with E-state index in [1.54, 1.807) is 12.1 Å². The van der Waals surface area contributed by atoms with Crippen LogP contribution in [0.1, 0.15) is 32.1 Å². The number of anilines is 2. The minimum atomic E-state index is -0.318. The fourth-order valence-electron chi connectivity index (χ4n) is 3.15. The molecule has 2 aromatic carbocycles. The lowest BCUT2D eigenvalue weighted by Crippen LogP contribution is -2.17. The summed E-state index contributed by atoms with van der Waals surface area (Å²) < 4.78 is 3.17. The van der Waals surface area contributed by atoms with Gasteiger partial charge in [0.15, 0.2) is 0 Å². The maximum Gasteiger partial charge on any atom is 0.294 e. The van der Waals surface area contributed by atoms with Gasteiger partial charge in [-0.15, -0.1) is 0 Å². The van der Waals surface area contributed by atoms with E-state index in [1.165, 1.54) is 44.1 Å². The van der Waals surface area contributed by atoms with Gasteiger partial charge in [0.2, 0.25) is 0 Å². The second-order valence-electron chi connectivity index (χ2n) is 6.39. The number of hydrogen-bond acceptors (Lipinski definition) is 5. The van der Waals surface area contributed by atoms with Crippen molar-refractivity contribution < 1.29 is 4.92 Å². The van der Waals surface area contributed by atoms with E-state index in [-0.39, 0.29) is 10.6 Å². The maximum absolute atomic E-state index is 11.4. The molecule has 2 N–H and O–H groups in total. The second kappa shape index (κ2) is 8.76. The molecular formula is C19H23N3O2S. The van der Waals surface area contributed by atoms with Gasteiger partial charge in [-0.25, -0.2) is 0 Å². The number of nitrogens with zero attached hydrogens (tertiary/aromatic N) is 1. The van der Waals surface area contributed by atoms with Gasteiger partial charge in [-0.3, -0.25) is 10.1 Å². The molecule has 0 amide bonds. The average molecular weight is 357 g/mol. The molecule has 25 heavy (non-hydrogen) atoms. The van der Waals surface area contributed by atoms with Gasteiger partial charge in [0.05, 0.1) is 10.6 Å². The molecule has 0 spiro atoms. The third-order valence-corrected chi connectivity index (χ3v) is 5.38. The summed E-state index contributed by atoms with van der Waals surface area (Å²) in [6, 6.07) is 15.1. The Morgan fingerprint density at radius 1 is 1.08 bits per heavy atom. The molecule has 0 unspecified atom stereocenters. The summed E-state index contributed by atoms with van der Waals surface area (Å²) in [6.45, 7) is 0.812. The molecule has 0 radical (unpaired) electrons. The lowest BCUT2D eigenvalue weighted by atomic mass is 9.89. The van der Waals surface area contributed by atoms with E-state index in [0.717, 1.165) is 17.1 Å². The molecule has 1 saturated carbocycles. The van der Waals surface area contributed by atoms with Crippen molar-refractivity contribution in [2.24, 2.45) is 5.92 Å². The molecule has 0 saturated heterocycles. The highest BCUT2D eigenvalue weighted by Crippen LogP contribution is 2.31. The Morgan fingerprint density at radius 2 is 1.84 bits per heavy atom. The Balaban J connectivity index is 1.64. The lowest BCUT2D eigenvalue weighted by Gasteiger charge is -2.22. The molecule has 0 atom stereocenters. The highest BCUT2D eigenvalue weighted by molar-refractivity contribution is 8.00. The molecular weight excluding hydrogens is 334 g/mol. The van der Waals surface area contributed by atoms with Crippen LogP contribution in [0.4, 0.5) is 17.1 Å². The van der Waals surface area contributed by atoms with Crippen molar-refractivity contribution in [2.75, 3.05) is 16.6 Å². The van der Waals surface area contributed by atoms with Crippen LogP contribution in [-0.2, 0) is 0 Å². The minimum Gasteiger partial charge on any atom is -0.379 e. The first-order valence-electron chi connectivity index (χ1n) is 8.72. The SMILES string of the molecule is O=[N+]([O-])c1cc(NSc2ccccc2)ccc1NCC1CCCCC1. The van der Waals surface area contributed by atoms with E-state index in [9.17, 15) is 10.1 Å². The zero-order chi connectivity index (χ0) is 17.5. The molecule has 0 aromatic heterocycles. The first-order chi connectivity index (χ1) is 12.2. The summed E-state index contributed by atoms with van der Waals surface area (Å²) in [4.78, 5) is 12.2. The van der Waals surface area contributed by atoms with Gasteiger partial charge < -0.3 is 10.0 Å². The Labute approximate surface area is 152 Å². The predicted octanol–water partition coefficient (Wildman–Crippen LogP) is 5.71. The molecule has 2 aromatic rings. The molecule has 0 heterocycles. The normalized spacial score (nSPS) is 14.9. The summed E-state index contributed by atoms with van der Waals surface area (Å²) in [5, 5.41) is 14.7. The smallest absolute Gasteiger partial charge is 0.294 e. The maximum atomic E-state index is 11.4. The molecule has 5 nitrogen and oxygen atoms in total. The third-order valence-electron chi connectivity index (χ3n) is 4.53. The van der Waals surface area contributed by atoms with Crippen molar-refractivity contribution in [2.45, 2.75) is 37.0 Å². The minimum absolute atomic E-state index is 0.120. The van der Waals surface area contributed by atoms with Crippen LogP contribution in [0.25, 0.3) is 0 Å². The van der Waals surface area contributed by atoms with Crippen molar-refractivity contribution in [1.82, 2.24) is 0 Å². The van der Waals surface area contributed by atoms with Gasteiger partial charge >= 0.3 is 0 Å². The molecule has 1 aliphatic rings. The number of nitrogens with one attached hydrogen (secondary N) is 2. The fourth-order valence-corrected chi connectivity index (χ4v) is 3.80. The van der Waals surface area contributed by atoms with Crippen LogP contribution in [0.15, 0.2) is 53.4 Å². The van der Waals surface area contributed by atoms with Gasteiger partial charge in [0.1, 0.15) is 5.69 Å². The van der Waals surface area contributed by atoms with Crippen LogP contribution in [0.5, 0.6) is 0 Å².